The molecule has 0 bridgehead atoms. The highest BCUT2D eigenvalue weighted by molar-refractivity contribution is 6.06. The highest BCUT2D eigenvalue weighted by Gasteiger charge is 2.19. The fourth-order valence-electron chi connectivity index (χ4n) is 2.90. The lowest BCUT2D eigenvalue weighted by atomic mass is 10.1. The Hall–Kier alpha value is -2.75. The Labute approximate surface area is 128 Å². The molecule has 0 saturated carbocycles. The maximum Gasteiger partial charge on any atom is 0.255 e. The number of anilines is 1. The molecule has 4 rings (SSSR count). The van der Waals surface area contributed by atoms with Crippen LogP contribution in [0.15, 0.2) is 48.7 Å². The third-order valence-corrected chi connectivity index (χ3v) is 3.97. The summed E-state index contributed by atoms with van der Waals surface area (Å²) in [5.41, 5.74) is 3.62. The zero-order valence-corrected chi connectivity index (χ0v) is 12.2. The highest BCUT2D eigenvalue weighted by Crippen LogP contribution is 2.31. The molecule has 3 aromatic rings. The molecule has 1 aromatic heterocycles. The predicted octanol–water partition coefficient (Wildman–Crippen LogP) is 3.74. The first-order chi connectivity index (χ1) is 10.7. The molecule has 22 heavy (non-hydrogen) atoms. The summed E-state index contributed by atoms with van der Waals surface area (Å²) in [5.74, 6) is 0.814. The van der Waals surface area contributed by atoms with E-state index in [0.717, 1.165) is 34.3 Å². The third kappa shape index (κ3) is 2.22. The molecule has 2 N–H and O–H groups in total. The Balaban J connectivity index is 1.58. The number of benzene rings is 2. The second-order valence-electron chi connectivity index (χ2n) is 5.69. The zero-order chi connectivity index (χ0) is 15.1. The fourth-order valence-corrected chi connectivity index (χ4v) is 2.90. The third-order valence-electron chi connectivity index (χ3n) is 3.97. The topological polar surface area (TPSA) is 54.1 Å². The lowest BCUT2D eigenvalue weighted by Gasteiger charge is -2.07. The van der Waals surface area contributed by atoms with Gasteiger partial charge in [-0.1, -0.05) is 0 Å². The van der Waals surface area contributed by atoms with Crippen molar-refractivity contribution in [1.29, 1.82) is 0 Å². The summed E-state index contributed by atoms with van der Waals surface area (Å²) in [4.78, 5) is 15.5. The molecule has 0 fully saturated rings. The number of fused-ring (bicyclic) bond motifs is 2. The first-order valence-corrected chi connectivity index (χ1v) is 7.37. The Kier molecular flexibility index (Phi) is 2.89. The molecule has 0 aliphatic carbocycles. The maximum atomic E-state index is 12.4. The van der Waals surface area contributed by atoms with Crippen LogP contribution in [0.4, 0.5) is 5.69 Å². The minimum atomic E-state index is -0.102. The van der Waals surface area contributed by atoms with Gasteiger partial charge in [-0.3, -0.25) is 4.79 Å². The molecule has 0 saturated heterocycles. The standard InChI is InChI=1S/C18H16N2O2/c1-11-8-14-10-15(3-5-17(14)22-11)20-18(21)13-2-4-16-12(9-13)6-7-19-16/h2-7,9-11,19H,8H2,1H3,(H,20,21). The molecule has 0 radical (unpaired) electrons. The number of aromatic nitrogens is 1. The van der Waals surface area contributed by atoms with Gasteiger partial charge in [0, 0.05) is 34.8 Å². The van der Waals surface area contributed by atoms with E-state index in [-0.39, 0.29) is 12.0 Å². The van der Waals surface area contributed by atoms with Gasteiger partial charge < -0.3 is 15.0 Å². The lowest BCUT2D eigenvalue weighted by Crippen LogP contribution is -2.11. The van der Waals surface area contributed by atoms with Crippen LogP contribution in [-0.2, 0) is 6.42 Å². The van der Waals surface area contributed by atoms with Crippen molar-refractivity contribution in [2.45, 2.75) is 19.4 Å². The SMILES string of the molecule is CC1Cc2cc(NC(=O)c3ccc4[nH]ccc4c3)ccc2O1. The largest absolute Gasteiger partial charge is 0.490 e. The summed E-state index contributed by atoms with van der Waals surface area (Å²) < 4.78 is 5.67. The molecule has 1 aliphatic heterocycles. The van der Waals surface area contributed by atoms with Crippen molar-refractivity contribution in [3.63, 3.8) is 0 Å². The molecule has 110 valence electrons. The maximum absolute atomic E-state index is 12.4. The van der Waals surface area contributed by atoms with E-state index in [1.165, 1.54) is 0 Å². The number of amides is 1. The molecule has 1 aliphatic rings. The van der Waals surface area contributed by atoms with Crippen molar-refractivity contribution in [1.82, 2.24) is 4.98 Å². The number of hydrogen-bond donors (Lipinski definition) is 2. The van der Waals surface area contributed by atoms with Crippen LogP contribution in [0.25, 0.3) is 10.9 Å². The minimum absolute atomic E-state index is 0.102. The number of carbonyl (C=O) groups excluding carboxylic acids is 1. The number of H-pyrrole nitrogens is 1. The van der Waals surface area contributed by atoms with Gasteiger partial charge in [-0.2, -0.15) is 0 Å². The van der Waals surface area contributed by atoms with E-state index < -0.39 is 0 Å². The molecule has 4 heteroatoms. The van der Waals surface area contributed by atoms with E-state index in [2.05, 4.69) is 10.3 Å². The molecule has 4 nitrogen and oxygen atoms in total. The van der Waals surface area contributed by atoms with Crippen LogP contribution in [0.1, 0.15) is 22.8 Å². The molecular formula is C18H16N2O2. The number of aromatic amines is 1. The van der Waals surface area contributed by atoms with E-state index in [4.69, 9.17) is 4.74 Å². The van der Waals surface area contributed by atoms with E-state index in [1.54, 1.807) is 0 Å². The summed E-state index contributed by atoms with van der Waals surface area (Å²) in [5, 5.41) is 3.99. The summed E-state index contributed by atoms with van der Waals surface area (Å²) in [7, 11) is 0. The van der Waals surface area contributed by atoms with Crippen LogP contribution in [0.3, 0.4) is 0 Å². The summed E-state index contributed by atoms with van der Waals surface area (Å²) in [6.07, 6.45) is 2.96. The van der Waals surface area contributed by atoms with Crippen molar-refractivity contribution < 1.29 is 9.53 Å². The van der Waals surface area contributed by atoms with Gasteiger partial charge in [0.25, 0.3) is 5.91 Å². The zero-order valence-electron chi connectivity index (χ0n) is 12.2. The second kappa shape index (κ2) is 4.91. The molecule has 1 amide bonds. The van der Waals surface area contributed by atoms with E-state index in [9.17, 15) is 4.79 Å². The van der Waals surface area contributed by atoms with Gasteiger partial charge in [-0.25, -0.2) is 0 Å². The first kappa shape index (κ1) is 13.0. The predicted molar refractivity (Wildman–Crippen MR) is 86.5 cm³/mol. The van der Waals surface area contributed by atoms with Gasteiger partial charge in [0.1, 0.15) is 11.9 Å². The quantitative estimate of drug-likeness (QED) is 0.756. The molecule has 1 atom stereocenters. The molecule has 0 spiro atoms. The highest BCUT2D eigenvalue weighted by atomic mass is 16.5. The summed E-state index contributed by atoms with van der Waals surface area (Å²) >= 11 is 0. The van der Waals surface area contributed by atoms with Crippen LogP contribution in [0, 0.1) is 0 Å². The van der Waals surface area contributed by atoms with Crippen LogP contribution >= 0.6 is 0 Å². The van der Waals surface area contributed by atoms with Crippen LogP contribution < -0.4 is 10.1 Å². The van der Waals surface area contributed by atoms with Gasteiger partial charge in [-0.15, -0.1) is 0 Å². The average Bonchev–Trinajstić information content (AvgIpc) is 3.10. The van der Waals surface area contributed by atoms with E-state index in [1.807, 2.05) is 55.6 Å². The van der Waals surface area contributed by atoms with Crippen molar-refractivity contribution in [3.8, 4) is 5.75 Å². The molecule has 2 aromatic carbocycles. The number of rotatable bonds is 2. The van der Waals surface area contributed by atoms with Crippen molar-refractivity contribution in [2.75, 3.05) is 5.32 Å². The lowest BCUT2D eigenvalue weighted by molar-refractivity contribution is 0.102. The smallest absolute Gasteiger partial charge is 0.255 e. The normalized spacial score (nSPS) is 16.3. The van der Waals surface area contributed by atoms with Crippen LogP contribution in [-0.4, -0.2) is 17.0 Å². The van der Waals surface area contributed by atoms with Gasteiger partial charge in [0.2, 0.25) is 0 Å². The summed E-state index contributed by atoms with van der Waals surface area (Å²) in [6, 6.07) is 13.4. The molecule has 2 heterocycles. The number of carbonyl (C=O) groups is 1. The van der Waals surface area contributed by atoms with Crippen LogP contribution in [0.5, 0.6) is 5.75 Å². The van der Waals surface area contributed by atoms with Gasteiger partial charge in [0.05, 0.1) is 0 Å². The Bertz CT molecular complexity index is 866. The van der Waals surface area contributed by atoms with Crippen molar-refractivity contribution in [2.24, 2.45) is 0 Å². The minimum Gasteiger partial charge on any atom is -0.490 e. The molecular weight excluding hydrogens is 276 g/mol. The van der Waals surface area contributed by atoms with Gasteiger partial charge in [0.15, 0.2) is 0 Å². The van der Waals surface area contributed by atoms with E-state index in [0.29, 0.717) is 5.56 Å². The van der Waals surface area contributed by atoms with Gasteiger partial charge >= 0.3 is 0 Å². The monoisotopic (exact) mass is 292 g/mol. The van der Waals surface area contributed by atoms with E-state index >= 15 is 0 Å². The Morgan fingerprint density at radius 1 is 1.23 bits per heavy atom. The number of nitrogens with one attached hydrogen (secondary N) is 2. The van der Waals surface area contributed by atoms with Gasteiger partial charge in [-0.05, 0) is 55.0 Å². The van der Waals surface area contributed by atoms with Crippen molar-refractivity contribution >= 4 is 22.5 Å². The fraction of sp³-hybridized carbons (Fsp3) is 0.167. The van der Waals surface area contributed by atoms with Crippen LogP contribution in [0.2, 0.25) is 0 Å². The number of hydrogen-bond acceptors (Lipinski definition) is 2. The second-order valence-corrected chi connectivity index (χ2v) is 5.69. The molecule has 1 unspecified atom stereocenters. The Morgan fingerprint density at radius 3 is 3.05 bits per heavy atom. The first-order valence-electron chi connectivity index (χ1n) is 7.37. The number of ether oxygens (including phenoxy) is 1. The average molecular weight is 292 g/mol. The Morgan fingerprint density at radius 2 is 2.14 bits per heavy atom. The van der Waals surface area contributed by atoms with Crippen molar-refractivity contribution in [3.05, 3.63) is 59.8 Å². The summed E-state index contributed by atoms with van der Waals surface area (Å²) in [6.45, 7) is 2.05.